The summed E-state index contributed by atoms with van der Waals surface area (Å²) in [5, 5.41) is 5.93. The van der Waals surface area contributed by atoms with Crippen LogP contribution >= 0.6 is 0 Å². The maximum atomic E-state index is 15.5. The number of hydrogen-bond acceptors (Lipinski definition) is 6. The lowest BCUT2D eigenvalue weighted by atomic mass is 9.74. The smallest absolute Gasteiger partial charge is 0.414 e. The van der Waals surface area contributed by atoms with Gasteiger partial charge < -0.3 is 20.1 Å². The van der Waals surface area contributed by atoms with Crippen molar-refractivity contribution < 1.29 is 28.2 Å². The van der Waals surface area contributed by atoms with Gasteiger partial charge in [0.25, 0.3) is 0 Å². The monoisotopic (exact) mass is 434 g/mol. The molecule has 0 radical (unpaired) electrons. The SMILES string of the molecule is COC(=O)N1CCC[C@H]2CNC[C@@]21c1ccc(N2C[C@H](CNC(C)=O)OC2=O)cc1F. The van der Waals surface area contributed by atoms with Crippen LogP contribution in [0.4, 0.5) is 19.7 Å². The van der Waals surface area contributed by atoms with Gasteiger partial charge in [0.2, 0.25) is 5.91 Å². The van der Waals surface area contributed by atoms with Gasteiger partial charge in [-0.3, -0.25) is 14.6 Å². The van der Waals surface area contributed by atoms with E-state index in [0.29, 0.717) is 30.9 Å². The first-order valence-corrected chi connectivity index (χ1v) is 10.5. The Morgan fingerprint density at radius 3 is 2.94 bits per heavy atom. The number of carbonyl (C=O) groups excluding carboxylic acids is 3. The molecule has 3 atom stereocenters. The van der Waals surface area contributed by atoms with E-state index in [1.165, 1.54) is 25.0 Å². The first kappa shape index (κ1) is 21.4. The molecule has 1 aromatic carbocycles. The number of cyclic esters (lactones) is 1. The lowest BCUT2D eigenvalue weighted by molar-refractivity contribution is -0.119. The number of hydrogen-bond donors (Lipinski definition) is 2. The fourth-order valence-corrected chi connectivity index (χ4v) is 5.05. The summed E-state index contributed by atoms with van der Waals surface area (Å²) in [5.41, 5.74) is -0.0393. The highest BCUT2D eigenvalue weighted by Crippen LogP contribution is 2.46. The van der Waals surface area contributed by atoms with Crippen LogP contribution < -0.4 is 15.5 Å². The van der Waals surface area contributed by atoms with Gasteiger partial charge in [-0.15, -0.1) is 0 Å². The van der Waals surface area contributed by atoms with Crippen molar-refractivity contribution in [2.75, 3.05) is 44.7 Å². The molecule has 0 saturated carbocycles. The van der Waals surface area contributed by atoms with Crippen LogP contribution in [0, 0.1) is 11.7 Å². The molecule has 1 aromatic rings. The first-order chi connectivity index (χ1) is 14.9. The van der Waals surface area contributed by atoms with Crippen LogP contribution in [0.1, 0.15) is 25.3 Å². The molecule has 0 bridgehead atoms. The van der Waals surface area contributed by atoms with Gasteiger partial charge in [0, 0.05) is 38.0 Å². The van der Waals surface area contributed by atoms with E-state index < -0.39 is 29.6 Å². The lowest BCUT2D eigenvalue weighted by Gasteiger charge is -2.47. The molecule has 10 heteroatoms. The summed E-state index contributed by atoms with van der Waals surface area (Å²) in [6, 6.07) is 4.64. The zero-order valence-corrected chi connectivity index (χ0v) is 17.7. The molecule has 168 valence electrons. The van der Waals surface area contributed by atoms with Gasteiger partial charge in [-0.05, 0) is 25.0 Å². The van der Waals surface area contributed by atoms with Crippen LogP contribution in [0.15, 0.2) is 18.2 Å². The number of benzene rings is 1. The van der Waals surface area contributed by atoms with E-state index in [2.05, 4.69) is 10.6 Å². The molecule has 0 aliphatic carbocycles. The molecular formula is C21H27FN4O5. The molecule has 3 amide bonds. The van der Waals surface area contributed by atoms with E-state index in [9.17, 15) is 14.4 Å². The lowest BCUT2D eigenvalue weighted by Crippen LogP contribution is -2.57. The Morgan fingerprint density at radius 2 is 2.23 bits per heavy atom. The Bertz CT molecular complexity index is 897. The average molecular weight is 434 g/mol. The number of rotatable bonds is 4. The van der Waals surface area contributed by atoms with Crippen molar-refractivity contribution in [3.8, 4) is 0 Å². The number of piperidine rings is 1. The Labute approximate surface area is 179 Å². The van der Waals surface area contributed by atoms with E-state index in [1.807, 2.05) is 0 Å². The van der Waals surface area contributed by atoms with E-state index in [4.69, 9.17) is 9.47 Å². The summed E-state index contributed by atoms with van der Waals surface area (Å²) < 4.78 is 25.8. The molecule has 31 heavy (non-hydrogen) atoms. The topological polar surface area (TPSA) is 100 Å². The van der Waals surface area contributed by atoms with Gasteiger partial charge in [-0.2, -0.15) is 0 Å². The van der Waals surface area contributed by atoms with Crippen molar-refractivity contribution in [3.05, 3.63) is 29.6 Å². The van der Waals surface area contributed by atoms with Crippen LogP contribution in [0.3, 0.4) is 0 Å². The number of likely N-dealkylation sites (tertiary alicyclic amines) is 1. The highest BCUT2D eigenvalue weighted by atomic mass is 19.1. The molecule has 3 aliphatic rings. The minimum atomic E-state index is -0.826. The summed E-state index contributed by atoms with van der Waals surface area (Å²) in [4.78, 5) is 38.9. The maximum absolute atomic E-state index is 15.5. The molecule has 2 N–H and O–H groups in total. The maximum Gasteiger partial charge on any atom is 0.414 e. The third-order valence-corrected chi connectivity index (χ3v) is 6.46. The summed E-state index contributed by atoms with van der Waals surface area (Å²) in [7, 11) is 1.33. The predicted octanol–water partition coefficient (Wildman–Crippen LogP) is 1.56. The minimum Gasteiger partial charge on any atom is -0.453 e. The van der Waals surface area contributed by atoms with Gasteiger partial charge in [0.15, 0.2) is 0 Å². The van der Waals surface area contributed by atoms with Crippen molar-refractivity contribution in [2.24, 2.45) is 5.92 Å². The second-order valence-electron chi connectivity index (χ2n) is 8.23. The van der Waals surface area contributed by atoms with Crippen LogP contribution in [-0.2, 0) is 19.8 Å². The van der Waals surface area contributed by atoms with Crippen molar-refractivity contribution in [1.29, 1.82) is 0 Å². The van der Waals surface area contributed by atoms with E-state index in [1.54, 1.807) is 17.0 Å². The van der Waals surface area contributed by atoms with E-state index >= 15 is 4.39 Å². The number of fused-ring (bicyclic) bond motifs is 1. The van der Waals surface area contributed by atoms with Gasteiger partial charge in [0.05, 0.1) is 31.4 Å². The summed E-state index contributed by atoms with van der Waals surface area (Å²) in [6.07, 6.45) is 0.147. The van der Waals surface area contributed by atoms with E-state index in [0.717, 1.165) is 12.8 Å². The third kappa shape index (κ3) is 3.69. The zero-order valence-electron chi connectivity index (χ0n) is 17.7. The number of carbonyl (C=O) groups is 3. The molecule has 0 unspecified atom stereocenters. The summed E-state index contributed by atoms with van der Waals surface area (Å²) in [6.45, 7) is 3.42. The molecule has 3 saturated heterocycles. The molecule has 3 fully saturated rings. The van der Waals surface area contributed by atoms with Crippen molar-refractivity contribution in [3.63, 3.8) is 0 Å². The minimum absolute atomic E-state index is 0.0690. The Kier molecular flexibility index (Phi) is 5.74. The zero-order chi connectivity index (χ0) is 22.2. The van der Waals surface area contributed by atoms with Crippen molar-refractivity contribution >= 4 is 23.8 Å². The van der Waals surface area contributed by atoms with Gasteiger partial charge in [-0.25, -0.2) is 14.0 Å². The third-order valence-electron chi connectivity index (χ3n) is 6.46. The number of amides is 3. The van der Waals surface area contributed by atoms with Crippen LogP contribution in [-0.4, -0.2) is 68.9 Å². The molecule has 3 heterocycles. The number of halogens is 1. The van der Waals surface area contributed by atoms with Crippen LogP contribution in [0.2, 0.25) is 0 Å². The second kappa shape index (κ2) is 8.33. The Hall–Kier alpha value is -2.88. The normalized spacial score (nSPS) is 27.6. The summed E-state index contributed by atoms with van der Waals surface area (Å²) >= 11 is 0. The fraction of sp³-hybridized carbons (Fsp3) is 0.571. The Morgan fingerprint density at radius 1 is 1.42 bits per heavy atom. The highest BCUT2D eigenvalue weighted by Gasteiger charge is 2.54. The number of ether oxygens (including phenoxy) is 2. The van der Waals surface area contributed by atoms with Crippen LogP contribution in [0.25, 0.3) is 0 Å². The number of nitrogens with zero attached hydrogens (tertiary/aromatic N) is 2. The number of nitrogens with one attached hydrogen (secondary N) is 2. The van der Waals surface area contributed by atoms with Crippen molar-refractivity contribution in [1.82, 2.24) is 15.5 Å². The number of methoxy groups -OCH3 is 1. The quantitative estimate of drug-likeness (QED) is 0.746. The average Bonchev–Trinajstić information content (AvgIpc) is 3.35. The van der Waals surface area contributed by atoms with E-state index in [-0.39, 0.29) is 24.9 Å². The number of anilines is 1. The Balaban J connectivity index is 1.62. The first-order valence-electron chi connectivity index (χ1n) is 10.5. The standard InChI is InChI=1S/C21H27FN4O5/c1-13(27)24-10-16-11-25(19(28)31-16)15-5-6-17(18(22)8-15)21-12-23-9-14(21)4-3-7-26(21)20(29)30-2/h5-6,8,14,16,23H,3-4,7,9-12H2,1-2H3,(H,24,27)/t14-,16-,21-/m0/s1. The molecule has 4 rings (SSSR count). The molecular weight excluding hydrogens is 407 g/mol. The van der Waals surface area contributed by atoms with Gasteiger partial charge in [0.1, 0.15) is 11.9 Å². The molecule has 3 aliphatic heterocycles. The molecule has 0 aromatic heterocycles. The summed E-state index contributed by atoms with van der Waals surface area (Å²) in [5.74, 6) is -0.633. The van der Waals surface area contributed by atoms with Gasteiger partial charge >= 0.3 is 12.2 Å². The molecule has 0 spiro atoms. The van der Waals surface area contributed by atoms with Gasteiger partial charge in [-0.1, -0.05) is 6.07 Å². The predicted molar refractivity (Wildman–Crippen MR) is 109 cm³/mol. The highest BCUT2D eigenvalue weighted by molar-refractivity contribution is 5.90. The second-order valence-corrected chi connectivity index (χ2v) is 8.23. The van der Waals surface area contributed by atoms with Crippen molar-refractivity contribution in [2.45, 2.75) is 31.4 Å². The molecule has 9 nitrogen and oxygen atoms in total. The largest absolute Gasteiger partial charge is 0.453 e. The fourth-order valence-electron chi connectivity index (χ4n) is 5.05. The van der Waals surface area contributed by atoms with Crippen LogP contribution in [0.5, 0.6) is 0 Å².